The molecule has 50 heavy (non-hydrogen) atoms. The Kier molecular flexibility index (Phi) is 13.6. The Morgan fingerprint density at radius 1 is 0.780 bits per heavy atom. The quantitative estimate of drug-likeness (QED) is 0.0632. The maximum Gasteiger partial charge on any atom is 0.305 e. The van der Waals surface area contributed by atoms with Crippen LogP contribution in [0.15, 0.2) is 30.3 Å². The van der Waals surface area contributed by atoms with E-state index in [1.165, 1.54) is 24.0 Å². The molecule has 6 rings (SSSR count). The fraction of sp³-hybridized carbons (Fsp3) is 0.444. The van der Waals surface area contributed by atoms with E-state index in [4.69, 9.17) is 35.8 Å². The fourth-order valence-corrected chi connectivity index (χ4v) is 7.52. The van der Waals surface area contributed by atoms with Gasteiger partial charge in [0.2, 0.25) is 6.79 Å². The Morgan fingerprint density at radius 2 is 1.36 bits per heavy atom. The van der Waals surface area contributed by atoms with Crippen LogP contribution in [-0.4, -0.2) is 52.9 Å². The summed E-state index contributed by atoms with van der Waals surface area (Å²) in [5, 5.41) is 5.99. The molecular weight excluding hydrogens is 698 g/mol. The predicted octanol–water partition coefficient (Wildman–Crippen LogP) is 8.27. The smallest absolute Gasteiger partial charge is 0.305 e. The van der Waals surface area contributed by atoms with Crippen LogP contribution >= 0.6 is 34.3 Å². The van der Waals surface area contributed by atoms with Gasteiger partial charge in [-0.1, -0.05) is 31.5 Å². The molecule has 1 aromatic carbocycles. The van der Waals surface area contributed by atoms with Gasteiger partial charge in [-0.05, 0) is 68.4 Å². The number of hydrogen-bond donors (Lipinski definition) is 1. The minimum Gasteiger partial charge on any atom is -0.469 e. The lowest BCUT2D eigenvalue weighted by atomic mass is 10.2. The third kappa shape index (κ3) is 10.0. The van der Waals surface area contributed by atoms with Crippen molar-refractivity contribution in [1.29, 1.82) is 0 Å². The minimum atomic E-state index is -0.178. The molecule has 0 saturated carbocycles. The summed E-state index contributed by atoms with van der Waals surface area (Å²) >= 11 is 9.57. The van der Waals surface area contributed by atoms with Crippen molar-refractivity contribution in [1.82, 2.24) is 19.9 Å². The van der Waals surface area contributed by atoms with E-state index in [0.29, 0.717) is 24.5 Å². The van der Waals surface area contributed by atoms with Gasteiger partial charge in [0.25, 0.3) is 0 Å². The van der Waals surface area contributed by atoms with Gasteiger partial charge in [0, 0.05) is 47.4 Å². The lowest BCUT2D eigenvalue weighted by Gasteiger charge is -2.10. The van der Waals surface area contributed by atoms with E-state index in [2.05, 4.69) is 46.0 Å². The average Bonchev–Trinajstić information content (AvgIpc) is 3.89. The zero-order valence-electron chi connectivity index (χ0n) is 28.8. The molecule has 0 spiro atoms. The number of aromatic nitrogens is 4. The Balaban J connectivity index is 0.000000211. The van der Waals surface area contributed by atoms with Crippen LogP contribution in [0.25, 0.3) is 20.4 Å². The van der Waals surface area contributed by atoms with Crippen molar-refractivity contribution in [3.05, 3.63) is 62.5 Å². The number of nitrogens with zero attached hydrogens (tertiary/aromatic N) is 4. The van der Waals surface area contributed by atoms with E-state index < -0.39 is 0 Å². The van der Waals surface area contributed by atoms with Crippen LogP contribution < -0.4 is 14.8 Å². The molecule has 1 aliphatic heterocycles. The van der Waals surface area contributed by atoms with Gasteiger partial charge in [0.15, 0.2) is 11.5 Å². The van der Waals surface area contributed by atoms with Gasteiger partial charge in [-0.15, -0.1) is 22.7 Å². The number of anilines is 1. The van der Waals surface area contributed by atoms with Crippen LogP contribution in [-0.2, 0) is 51.3 Å². The van der Waals surface area contributed by atoms with Gasteiger partial charge in [-0.25, -0.2) is 19.9 Å². The monoisotopic (exact) mass is 739 g/mol. The number of carbonyl (C=O) groups excluding carboxylic acids is 2. The predicted molar refractivity (Wildman–Crippen MR) is 198 cm³/mol. The molecule has 1 N–H and O–H groups in total. The molecule has 0 saturated heterocycles. The summed E-state index contributed by atoms with van der Waals surface area (Å²) < 4.78 is 20.2. The SMILES string of the molecule is CCc1cc2c(Cl)nc(CCCCC(=O)OC)nc2s1.CCc1cc2c(NCc3ccc4c(c3)OCO4)nc(CCCCC(=O)OC)nc2s1. The topological polar surface area (TPSA) is 135 Å². The van der Waals surface area contributed by atoms with Gasteiger partial charge in [-0.2, -0.15) is 0 Å². The highest BCUT2D eigenvalue weighted by atomic mass is 35.5. The van der Waals surface area contributed by atoms with Crippen LogP contribution in [0, 0.1) is 0 Å². The third-order valence-electron chi connectivity index (χ3n) is 8.05. The largest absolute Gasteiger partial charge is 0.469 e. The molecule has 0 atom stereocenters. The maximum absolute atomic E-state index is 11.3. The van der Waals surface area contributed by atoms with Gasteiger partial charge in [-0.3, -0.25) is 9.59 Å². The first-order valence-electron chi connectivity index (χ1n) is 16.8. The first-order valence-corrected chi connectivity index (χ1v) is 18.8. The molecule has 4 aromatic heterocycles. The van der Waals surface area contributed by atoms with Crippen molar-refractivity contribution in [2.24, 2.45) is 0 Å². The Bertz CT molecular complexity index is 1930. The summed E-state index contributed by atoms with van der Waals surface area (Å²) in [6.07, 6.45) is 7.49. The van der Waals surface area contributed by atoms with E-state index in [1.807, 2.05) is 18.2 Å². The molecule has 1 aliphatic rings. The van der Waals surface area contributed by atoms with Gasteiger partial charge < -0.3 is 24.3 Å². The number of aryl methyl sites for hydroxylation is 4. The van der Waals surface area contributed by atoms with E-state index in [-0.39, 0.29) is 18.7 Å². The van der Waals surface area contributed by atoms with Gasteiger partial charge in [0.1, 0.15) is 32.3 Å². The normalized spacial score (nSPS) is 11.8. The molecule has 0 radical (unpaired) electrons. The number of unbranched alkanes of at least 4 members (excludes halogenated alkanes) is 2. The number of nitrogens with one attached hydrogen (secondary N) is 1. The number of fused-ring (bicyclic) bond motifs is 3. The van der Waals surface area contributed by atoms with Crippen LogP contribution in [0.3, 0.4) is 0 Å². The number of halogens is 1. The van der Waals surface area contributed by atoms with Gasteiger partial charge >= 0.3 is 11.9 Å². The maximum atomic E-state index is 11.3. The molecule has 0 aliphatic carbocycles. The van der Waals surface area contributed by atoms with Crippen LogP contribution in [0.5, 0.6) is 11.5 Å². The minimum absolute atomic E-state index is 0.176. The van der Waals surface area contributed by atoms with Crippen LogP contribution in [0.2, 0.25) is 5.15 Å². The molecule has 0 fully saturated rings. The molecule has 0 unspecified atom stereocenters. The number of carbonyl (C=O) groups is 2. The first kappa shape index (κ1) is 37.2. The highest BCUT2D eigenvalue weighted by Gasteiger charge is 2.15. The molecule has 14 heteroatoms. The van der Waals surface area contributed by atoms with Crippen molar-refractivity contribution in [2.45, 2.75) is 84.6 Å². The number of methoxy groups -OCH3 is 2. The zero-order chi connectivity index (χ0) is 35.5. The van der Waals surface area contributed by atoms with Crippen molar-refractivity contribution < 1.29 is 28.5 Å². The van der Waals surface area contributed by atoms with E-state index >= 15 is 0 Å². The fourth-order valence-electron chi connectivity index (χ4n) is 5.25. The number of hydrogen-bond acceptors (Lipinski definition) is 13. The molecule has 0 amide bonds. The Morgan fingerprint density at radius 3 is 1.98 bits per heavy atom. The molecule has 5 heterocycles. The van der Waals surface area contributed by atoms with Crippen molar-refractivity contribution in [3.63, 3.8) is 0 Å². The van der Waals surface area contributed by atoms with Crippen molar-refractivity contribution >= 4 is 72.5 Å². The highest BCUT2D eigenvalue weighted by Crippen LogP contribution is 2.34. The van der Waals surface area contributed by atoms with Crippen LogP contribution in [0.4, 0.5) is 5.82 Å². The van der Waals surface area contributed by atoms with E-state index in [0.717, 1.165) is 106 Å². The third-order valence-corrected chi connectivity index (χ3v) is 10.7. The number of rotatable bonds is 15. The zero-order valence-corrected chi connectivity index (χ0v) is 31.2. The second-order valence-electron chi connectivity index (χ2n) is 11.6. The second kappa shape index (κ2) is 18.2. The molecule has 11 nitrogen and oxygen atoms in total. The lowest BCUT2D eigenvalue weighted by Crippen LogP contribution is -2.05. The van der Waals surface area contributed by atoms with Crippen molar-refractivity contribution in [2.75, 3.05) is 26.3 Å². The van der Waals surface area contributed by atoms with Crippen LogP contribution in [0.1, 0.15) is 79.3 Å². The van der Waals surface area contributed by atoms with Gasteiger partial charge in [0.05, 0.1) is 19.6 Å². The molecule has 0 bridgehead atoms. The van der Waals surface area contributed by atoms with E-state index in [9.17, 15) is 9.59 Å². The lowest BCUT2D eigenvalue weighted by molar-refractivity contribution is -0.141. The highest BCUT2D eigenvalue weighted by molar-refractivity contribution is 7.19. The Labute approximate surface area is 304 Å². The number of ether oxygens (including phenoxy) is 4. The Hall–Kier alpha value is -4.07. The average molecular weight is 740 g/mol. The molecule has 266 valence electrons. The second-order valence-corrected chi connectivity index (χ2v) is 14.2. The summed E-state index contributed by atoms with van der Waals surface area (Å²) in [7, 11) is 2.82. The first-order chi connectivity index (χ1) is 24.3. The number of benzene rings is 1. The van der Waals surface area contributed by atoms with Crippen molar-refractivity contribution in [3.8, 4) is 11.5 Å². The summed E-state index contributed by atoms with van der Waals surface area (Å²) in [6.45, 7) is 5.15. The van der Waals surface area contributed by atoms with E-state index in [1.54, 1.807) is 22.7 Å². The molecular formula is C36H42ClN5O6S2. The summed E-state index contributed by atoms with van der Waals surface area (Å²) in [6, 6.07) is 10.2. The molecule has 5 aromatic rings. The summed E-state index contributed by atoms with van der Waals surface area (Å²) in [5.74, 6) is 3.59. The number of thiophene rings is 2. The number of esters is 2. The standard InChI is InChI=1S/C22H25N3O4S.C14H17ClN2O2S/c1-3-15-11-16-21(23-12-14-8-9-17-18(10-14)29-13-28-17)24-19(25-22(16)30-15)6-4-5-7-20(26)27-2;1-3-9-8-10-13(15)16-11(17-14(10)20-9)6-4-5-7-12(18)19-2/h8-11H,3-7,12-13H2,1-2H3,(H,23,24,25);8H,3-7H2,1-2H3. The summed E-state index contributed by atoms with van der Waals surface area (Å²) in [5.41, 5.74) is 1.09. The summed E-state index contributed by atoms with van der Waals surface area (Å²) in [4.78, 5) is 45.2.